The summed E-state index contributed by atoms with van der Waals surface area (Å²) in [6.07, 6.45) is 0. The SMILES string of the molecule is CC1(C)NCc2c(C(N)=O)cccc21.Cl. The summed E-state index contributed by atoms with van der Waals surface area (Å²) in [6, 6.07) is 5.71. The first-order chi connectivity index (χ1) is 6.52. The van der Waals surface area contributed by atoms with Gasteiger partial charge in [-0.2, -0.15) is 0 Å². The average Bonchev–Trinajstić information content (AvgIpc) is 2.42. The molecule has 1 aromatic rings. The van der Waals surface area contributed by atoms with Crippen LogP contribution >= 0.6 is 12.4 Å². The molecular weight excluding hydrogens is 212 g/mol. The molecule has 1 amide bonds. The number of hydrogen-bond donors (Lipinski definition) is 2. The maximum Gasteiger partial charge on any atom is 0.249 e. The number of benzene rings is 1. The highest BCUT2D eigenvalue weighted by molar-refractivity contribution is 5.95. The van der Waals surface area contributed by atoms with E-state index < -0.39 is 0 Å². The number of nitrogens with two attached hydrogens (primary N) is 1. The van der Waals surface area contributed by atoms with Crippen molar-refractivity contribution >= 4 is 18.3 Å². The van der Waals surface area contributed by atoms with E-state index in [1.54, 1.807) is 6.07 Å². The van der Waals surface area contributed by atoms with Crippen molar-refractivity contribution in [3.8, 4) is 0 Å². The number of halogens is 1. The number of rotatable bonds is 1. The van der Waals surface area contributed by atoms with Crippen LogP contribution in [0.2, 0.25) is 0 Å². The normalized spacial score (nSPS) is 16.7. The van der Waals surface area contributed by atoms with Crippen LogP contribution in [0.15, 0.2) is 18.2 Å². The largest absolute Gasteiger partial charge is 0.366 e. The molecule has 0 unspecified atom stereocenters. The Bertz CT molecular complexity index is 402. The van der Waals surface area contributed by atoms with E-state index in [4.69, 9.17) is 5.73 Å². The number of fused-ring (bicyclic) bond motifs is 1. The molecule has 0 bridgehead atoms. The summed E-state index contributed by atoms with van der Waals surface area (Å²) in [7, 11) is 0. The second-order valence-electron chi connectivity index (χ2n) is 4.17. The molecule has 0 saturated heterocycles. The molecule has 0 radical (unpaired) electrons. The molecule has 2 rings (SSSR count). The van der Waals surface area contributed by atoms with Gasteiger partial charge in [0.05, 0.1) is 0 Å². The predicted octanol–water partition coefficient (Wildman–Crippen LogP) is 1.55. The second kappa shape index (κ2) is 3.83. The van der Waals surface area contributed by atoms with E-state index in [0.29, 0.717) is 5.56 Å². The van der Waals surface area contributed by atoms with Gasteiger partial charge in [0.15, 0.2) is 0 Å². The average molecular weight is 227 g/mol. The van der Waals surface area contributed by atoms with Crippen molar-refractivity contribution in [2.24, 2.45) is 5.73 Å². The Balaban J connectivity index is 0.00000112. The molecule has 15 heavy (non-hydrogen) atoms. The third-order valence-corrected chi connectivity index (χ3v) is 2.82. The van der Waals surface area contributed by atoms with Crippen molar-refractivity contribution in [1.29, 1.82) is 0 Å². The fraction of sp³-hybridized carbons (Fsp3) is 0.364. The maximum atomic E-state index is 11.2. The zero-order chi connectivity index (χ0) is 10.3. The van der Waals surface area contributed by atoms with E-state index >= 15 is 0 Å². The van der Waals surface area contributed by atoms with Gasteiger partial charge in [-0.05, 0) is 31.0 Å². The molecule has 1 heterocycles. The van der Waals surface area contributed by atoms with E-state index in [1.807, 2.05) is 12.1 Å². The first-order valence-electron chi connectivity index (χ1n) is 4.69. The third kappa shape index (κ3) is 1.85. The lowest BCUT2D eigenvalue weighted by molar-refractivity contribution is 0.0999. The molecule has 0 atom stereocenters. The van der Waals surface area contributed by atoms with Gasteiger partial charge in [-0.3, -0.25) is 4.79 Å². The van der Waals surface area contributed by atoms with Crippen LogP contribution in [0.1, 0.15) is 35.3 Å². The molecular formula is C11H15ClN2O. The standard InChI is InChI=1S/C11H14N2O.ClH/c1-11(2)9-5-3-4-7(10(12)14)8(9)6-13-11;/h3-5,13H,6H2,1-2H3,(H2,12,14);1H. The van der Waals surface area contributed by atoms with Crippen LogP contribution in [0.25, 0.3) is 0 Å². The van der Waals surface area contributed by atoms with Crippen LogP contribution in [0.3, 0.4) is 0 Å². The van der Waals surface area contributed by atoms with Crippen LogP contribution in [-0.4, -0.2) is 5.91 Å². The van der Waals surface area contributed by atoms with Crippen molar-refractivity contribution in [1.82, 2.24) is 5.32 Å². The van der Waals surface area contributed by atoms with Crippen molar-refractivity contribution in [3.05, 3.63) is 34.9 Å². The maximum absolute atomic E-state index is 11.2. The van der Waals surface area contributed by atoms with Gasteiger partial charge in [-0.1, -0.05) is 12.1 Å². The summed E-state index contributed by atoms with van der Waals surface area (Å²) in [6.45, 7) is 4.93. The van der Waals surface area contributed by atoms with Crippen molar-refractivity contribution in [2.75, 3.05) is 0 Å². The first-order valence-corrected chi connectivity index (χ1v) is 4.69. The summed E-state index contributed by atoms with van der Waals surface area (Å²) in [5.41, 5.74) is 8.11. The molecule has 0 saturated carbocycles. The first kappa shape index (κ1) is 12.0. The molecule has 0 aromatic heterocycles. The molecule has 0 fully saturated rings. The Morgan fingerprint density at radius 3 is 2.73 bits per heavy atom. The van der Waals surface area contributed by atoms with E-state index in [1.165, 1.54) is 5.56 Å². The summed E-state index contributed by atoms with van der Waals surface area (Å²) in [5.74, 6) is -0.346. The van der Waals surface area contributed by atoms with Crippen LogP contribution in [0.5, 0.6) is 0 Å². The highest BCUT2D eigenvalue weighted by Crippen LogP contribution is 2.31. The molecule has 0 spiro atoms. The molecule has 82 valence electrons. The highest BCUT2D eigenvalue weighted by Gasteiger charge is 2.31. The minimum atomic E-state index is -0.346. The lowest BCUT2D eigenvalue weighted by Crippen LogP contribution is -2.28. The summed E-state index contributed by atoms with van der Waals surface area (Å²) < 4.78 is 0. The minimum Gasteiger partial charge on any atom is -0.366 e. The number of hydrogen-bond acceptors (Lipinski definition) is 2. The number of amides is 1. The lowest BCUT2D eigenvalue weighted by Gasteiger charge is -2.19. The Morgan fingerprint density at radius 1 is 1.47 bits per heavy atom. The zero-order valence-electron chi connectivity index (χ0n) is 8.83. The van der Waals surface area contributed by atoms with Gasteiger partial charge in [0.1, 0.15) is 0 Å². The summed E-state index contributed by atoms with van der Waals surface area (Å²) >= 11 is 0. The topological polar surface area (TPSA) is 55.1 Å². The minimum absolute atomic E-state index is 0. The van der Waals surface area contributed by atoms with Crippen LogP contribution in [0, 0.1) is 0 Å². The molecule has 1 aliphatic rings. The zero-order valence-corrected chi connectivity index (χ0v) is 9.65. The van der Waals surface area contributed by atoms with Crippen molar-refractivity contribution < 1.29 is 4.79 Å². The molecule has 3 nitrogen and oxygen atoms in total. The Kier molecular flexibility index (Phi) is 3.07. The number of carbonyl (C=O) groups is 1. The molecule has 4 heteroatoms. The fourth-order valence-corrected chi connectivity index (χ4v) is 2.00. The van der Waals surface area contributed by atoms with Crippen molar-refractivity contribution in [2.45, 2.75) is 25.9 Å². The van der Waals surface area contributed by atoms with Crippen LogP contribution in [0.4, 0.5) is 0 Å². The van der Waals surface area contributed by atoms with Gasteiger partial charge in [-0.25, -0.2) is 0 Å². The Hall–Kier alpha value is -1.06. The van der Waals surface area contributed by atoms with E-state index in [0.717, 1.165) is 12.1 Å². The molecule has 3 N–H and O–H groups in total. The van der Waals surface area contributed by atoms with E-state index in [-0.39, 0.29) is 23.9 Å². The fourth-order valence-electron chi connectivity index (χ4n) is 2.00. The smallest absolute Gasteiger partial charge is 0.249 e. The van der Waals surface area contributed by atoms with E-state index in [2.05, 4.69) is 19.2 Å². The van der Waals surface area contributed by atoms with Gasteiger partial charge in [0, 0.05) is 17.6 Å². The number of primary amides is 1. The third-order valence-electron chi connectivity index (χ3n) is 2.82. The van der Waals surface area contributed by atoms with E-state index in [9.17, 15) is 4.79 Å². The van der Waals surface area contributed by atoms with Gasteiger partial charge in [-0.15, -0.1) is 12.4 Å². The number of nitrogens with one attached hydrogen (secondary N) is 1. The Labute approximate surface area is 95.5 Å². The second-order valence-corrected chi connectivity index (χ2v) is 4.17. The molecule has 1 aliphatic heterocycles. The van der Waals surface area contributed by atoms with Gasteiger partial charge in [0.2, 0.25) is 5.91 Å². The quantitative estimate of drug-likeness (QED) is 0.764. The summed E-state index contributed by atoms with van der Waals surface area (Å²) in [4.78, 5) is 11.2. The number of carbonyl (C=O) groups excluding carboxylic acids is 1. The Morgan fingerprint density at radius 2 is 2.13 bits per heavy atom. The molecule has 0 aliphatic carbocycles. The molecule has 1 aromatic carbocycles. The van der Waals surface area contributed by atoms with Crippen LogP contribution in [-0.2, 0) is 12.1 Å². The summed E-state index contributed by atoms with van der Waals surface area (Å²) in [5, 5.41) is 3.35. The van der Waals surface area contributed by atoms with Crippen LogP contribution < -0.4 is 11.1 Å². The van der Waals surface area contributed by atoms with Gasteiger partial charge < -0.3 is 11.1 Å². The monoisotopic (exact) mass is 226 g/mol. The van der Waals surface area contributed by atoms with Crippen molar-refractivity contribution in [3.63, 3.8) is 0 Å². The predicted molar refractivity (Wildman–Crippen MR) is 62.1 cm³/mol. The van der Waals surface area contributed by atoms with Gasteiger partial charge >= 0.3 is 0 Å². The highest BCUT2D eigenvalue weighted by atomic mass is 35.5. The lowest BCUT2D eigenvalue weighted by atomic mass is 9.92. The van der Waals surface area contributed by atoms with Gasteiger partial charge in [0.25, 0.3) is 0 Å².